The topological polar surface area (TPSA) is 180 Å². The van der Waals surface area contributed by atoms with Gasteiger partial charge < -0.3 is 25.0 Å². The van der Waals surface area contributed by atoms with Crippen LogP contribution in [0.15, 0.2) is 79.0 Å². The van der Waals surface area contributed by atoms with Gasteiger partial charge in [0.2, 0.25) is 21.9 Å². The Kier molecular flexibility index (Phi) is 12.9. The number of aromatic nitrogens is 3. The minimum absolute atomic E-state index is 0.269. The van der Waals surface area contributed by atoms with E-state index in [1.54, 1.807) is 54.2 Å². The number of hydrogen-bond acceptors (Lipinski definition) is 12. The number of nitrogens with one attached hydrogen (secondary N) is 3. The van der Waals surface area contributed by atoms with Crippen molar-refractivity contribution in [3.05, 3.63) is 90.1 Å². The lowest BCUT2D eigenvalue weighted by Crippen LogP contribution is -2.52. The van der Waals surface area contributed by atoms with Gasteiger partial charge in [-0.3, -0.25) is 28.9 Å². The van der Waals surface area contributed by atoms with Crippen molar-refractivity contribution in [3.8, 4) is 22.8 Å². The van der Waals surface area contributed by atoms with E-state index in [1.807, 2.05) is 30.3 Å². The Hall–Kier alpha value is -6.20. The van der Waals surface area contributed by atoms with Gasteiger partial charge in [0.25, 0.3) is 11.8 Å². The Morgan fingerprint density at radius 2 is 1.65 bits per heavy atom. The van der Waals surface area contributed by atoms with Crippen LogP contribution in [0.5, 0.6) is 11.5 Å². The number of methoxy groups -OCH3 is 1. The van der Waals surface area contributed by atoms with Crippen LogP contribution >= 0.6 is 0 Å². The lowest BCUT2D eigenvalue weighted by molar-refractivity contribution is -0.126. The first kappa shape index (κ1) is 42.5. The molecule has 2 fully saturated rings. The molecule has 0 saturated carbocycles. The number of unbranched alkanes of at least 4 members (excludes halogenated alkanes) is 5. The summed E-state index contributed by atoms with van der Waals surface area (Å²) in [5, 5.41) is 10.8. The summed E-state index contributed by atoms with van der Waals surface area (Å²) in [7, 11) is -1.76. The van der Waals surface area contributed by atoms with Crippen LogP contribution in [0.3, 0.4) is 0 Å². The van der Waals surface area contributed by atoms with Gasteiger partial charge in [0.15, 0.2) is 0 Å². The van der Waals surface area contributed by atoms with Crippen LogP contribution in [0.4, 0.5) is 23.0 Å². The molecular weight excluding hydrogens is 811 g/mol. The maximum absolute atomic E-state index is 13.3. The summed E-state index contributed by atoms with van der Waals surface area (Å²) in [6, 6.07) is 21.5. The van der Waals surface area contributed by atoms with E-state index in [0.717, 1.165) is 111 Å². The average Bonchev–Trinajstić information content (AvgIpc) is 3.80. The highest BCUT2D eigenvalue weighted by atomic mass is 32.2. The standard InChI is InChI=1S/C45H53N9O7S/c1-60-40-29-33(17-19-36(40)48-45-47-30-34-18-20-37(54(34)49-45)31-12-9-13-32(28-31)50-62(2,58)59)52-25-23-51(24-26-52)22-7-5-3-4-6-8-27-61-39-16-10-14-35-41(39)44(57)53(43(35)56)38-15-11-21-46-42(38)55/h9-10,12-14,16-20,28-30,38,50H,3-8,11,15,21-27H2,1-2H3,(H,46,55)(H,48,49). The quantitative estimate of drug-likeness (QED) is 0.0699. The number of imide groups is 1. The van der Waals surface area contributed by atoms with Crippen LogP contribution in [-0.2, 0) is 14.8 Å². The van der Waals surface area contributed by atoms with Crippen molar-refractivity contribution in [2.45, 2.75) is 57.4 Å². The van der Waals surface area contributed by atoms with Gasteiger partial charge in [-0.1, -0.05) is 43.9 Å². The van der Waals surface area contributed by atoms with Gasteiger partial charge in [-0.15, -0.1) is 5.10 Å². The summed E-state index contributed by atoms with van der Waals surface area (Å²) < 4.78 is 39.7. The molecule has 0 aliphatic carbocycles. The lowest BCUT2D eigenvalue weighted by Gasteiger charge is -2.36. The summed E-state index contributed by atoms with van der Waals surface area (Å²) in [5.74, 6) is 0.324. The van der Waals surface area contributed by atoms with E-state index in [2.05, 4.69) is 36.2 Å². The first-order valence-electron chi connectivity index (χ1n) is 21.3. The van der Waals surface area contributed by atoms with E-state index >= 15 is 0 Å². The van der Waals surface area contributed by atoms with E-state index in [-0.39, 0.29) is 11.5 Å². The number of anilines is 4. The zero-order chi connectivity index (χ0) is 43.2. The van der Waals surface area contributed by atoms with E-state index in [4.69, 9.17) is 14.6 Å². The number of carbonyl (C=O) groups excluding carboxylic acids is 3. The van der Waals surface area contributed by atoms with Crippen LogP contribution < -0.4 is 29.7 Å². The summed E-state index contributed by atoms with van der Waals surface area (Å²) in [6.45, 7) is 5.92. The number of nitrogens with zero attached hydrogens (tertiary/aromatic N) is 6. The van der Waals surface area contributed by atoms with Crippen molar-refractivity contribution >= 4 is 56.3 Å². The number of rotatable bonds is 18. The Bertz CT molecular complexity index is 2560. The number of fused-ring (bicyclic) bond motifs is 2. The van der Waals surface area contributed by atoms with Gasteiger partial charge in [0, 0.05) is 55.7 Å². The Morgan fingerprint density at radius 3 is 2.44 bits per heavy atom. The second-order valence-electron chi connectivity index (χ2n) is 16.0. The minimum atomic E-state index is -3.42. The molecule has 16 nitrogen and oxygen atoms in total. The van der Waals surface area contributed by atoms with Gasteiger partial charge in [0.1, 0.15) is 17.5 Å². The van der Waals surface area contributed by atoms with Gasteiger partial charge in [-0.2, -0.15) is 0 Å². The molecule has 0 radical (unpaired) electrons. The fourth-order valence-corrected chi connectivity index (χ4v) is 9.02. The molecule has 3 aromatic carbocycles. The molecule has 3 N–H and O–H groups in total. The third-order valence-corrected chi connectivity index (χ3v) is 12.2. The molecule has 17 heteroatoms. The number of piperidine rings is 1. The summed E-state index contributed by atoms with van der Waals surface area (Å²) >= 11 is 0. The number of amides is 3. The molecule has 0 spiro atoms. The van der Waals surface area contributed by atoms with Crippen molar-refractivity contribution in [3.63, 3.8) is 0 Å². The second-order valence-corrected chi connectivity index (χ2v) is 17.8. The molecule has 1 atom stereocenters. The fourth-order valence-electron chi connectivity index (χ4n) is 8.47. The third kappa shape index (κ3) is 9.63. The fraction of sp³-hybridized carbons (Fsp3) is 0.400. The zero-order valence-corrected chi connectivity index (χ0v) is 36.0. The maximum Gasteiger partial charge on any atom is 0.266 e. The summed E-state index contributed by atoms with van der Waals surface area (Å²) in [5.41, 5.74) is 5.26. The number of benzene rings is 3. The van der Waals surface area contributed by atoms with Gasteiger partial charge in [0.05, 0.1) is 54.2 Å². The zero-order valence-electron chi connectivity index (χ0n) is 35.1. The monoisotopic (exact) mass is 863 g/mol. The highest BCUT2D eigenvalue weighted by molar-refractivity contribution is 7.92. The summed E-state index contributed by atoms with van der Waals surface area (Å²) in [6.07, 6.45) is 10.5. The van der Waals surface area contributed by atoms with Crippen molar-refractivity contribution in [2.24, 2.45) is 0 Å². The summed E-state index contributed by atoms with van der Waals surface area (Å²) in [4.78, 5) is 49.3. The Morgan fingerprint density at radius 1 is 0.855 bits per heavy atom. The van der Waals surface area contributed by atoms with Crippen LogP contribution in [0, 0.1) is 0 Å². The van der Waals surface area contributed by atoms with Crippen molar-refractivity contribution in [1.82, 2.24) is 29.7 Å². The van der Waals surface area contributed by atoms with Gasteiger partial charge in [-0.25, -0.2) is 17.9 Å². The molecule has 2 saturated heterocycles. The smallest absolute Gasteiger partial charge is 0.266 e. The van der Waals surface area contributed by atoms with Crippen LogP contribution in [0.25, 0.3) is 16.8 Å². The molecule has 3 amide bonds. The van der Waals surface area contributed by atoms with E-state index in [1.165, 1.54) is 6.42 Å². The molecule has 3 aliphatic rings. The molecular formula is C45H53N9O7S. The molecule has 1 unspecified atom stereocenters. The second kappa shape index (κ2) is 18.8. The SMILES string of the molecule is COc1cc(N2CCN(CCCCCCCCOc3cccc4c3C(=O)N(C3CCCNC3=O)C4=O)CC2)ccc1Nc1ncc2ccc(-c3cccc(NS(C)(=O)=O)c3)n2n1. The third-order valence-electron chi connectivity index (χ3n) is 11.6. The maximum atomic E-state index is 13.3. The first-order chi connectivity index (χ1) is 30.1. The first-order valence-corrected chi connectivity index (χ1v) is 23.2. The normalized spacial score (nSPS) is 17.0. The molecule has 5 heterocycles. The number of sulfonamides is 1. The van der Waals surface area contributed by atoms with Crippen LogP contribution in [0.1, 0.15) is 72.1 Å². The molecule has 8 rings (SSSR count). The lowest BCUT2D eigenvalue weighted by atomic mass is 10.1. The average molecular weight is 864 g/mol. The highest BCUT2D eigenvalue weighted by Crippen LogP contribution is 2.35. The predicted octanol–water partition coefficient (Wildman–Crippen LogP) is 5.94. The van der Waals surface area contributed by atoms with Crippen molar-refractivity contribution < 1.29 is 32.3 Å². The molecule has 5 aromatic rings. The largest absolute Gasteiger partial charge is 0.494 e. The van der Waals surface area contributed by atoms with Crippen molar-refractivity contribution in [2.75, 3.05) is 74.2 Å². The molecule has 62 heavy (non-hydrogen) atoms. The van der Waals surface area contributed by atoms with Crippen molar-refractivity contribution in [1.29, 1.82) is 0 Å². The van der Waals surface area contributed by atoms with Gasteiger partial charge in [-0.05, 0) is 80.8 Å². The van der Waals surface area contributed by atoms with E-state index < -0.39 is 27.9 Å². The molecule has 0 bridgehead atoms. The molecule has 2 aromatic heterocycles. The molecule has 326 valence electrons. The Labute approximate surface area is 361 Å². The molecule has 3 aliphatic heterocycles. The number of ether oxygens (including phenoxy) is 2. The van der Waals surface area contributed by atoms with Crippen LogP contribution in [-0.4, -0.2) is 116 Å². The highest BCUT2D eigenvalue weighted by Gasteiger charge is 2.45. The Balaban J connectivity index is 0.750. The van der Waals surface area contributed by atoms with E-state index in [9.17, 15) is 22.8 Å². The number of piperazine rings is 1. The van der Waals surface area contributed by atoms with E-state index in [0.29, 0.717) is 48.3 Å². The predicted molar refractivity (Wildman–Crippen MR) is 238 cm³/mol. The number of hydrogen-bond donors (Lipinski definition) is 3. The number of carbonyl (C=O) groups is 3. The minimum Gasteiger partial charge on any atom is -0.494 e. The van der Waals surface area contributed by atoms with Crippen LogP contribution in [0.2, 0.25) is 0 Å². The van der Waals surface area contributed by atoms with Gasteiger partial charge >= 0.3 is 0 Å².